The van der Waals surface area contributed by atoms with Crippen LogP contribution in [0.15, 0.2) is 59.2 Å². The summed E-state index contributed by atoms with van der Waals surface area (Å²) in [5, 5.41) is 6.02. The van der Waals surface area contributed by atoms with E-state index in [-0.39, 0.29) is 36.7 Å². The Morgan fingerprint density at radius 2 is 1.79 bits per heavy atom. The highest BCUT2D eigenvalue weighted by atomic mass is 16.5. The summed E-state index contributed by atoms with van der Waals surface area (Å²) in [6, 6.07) is 14.2. The van der Waals surface area contributed by atoms with Crippen molar-refractivity contribution in [3.05, 3.63) is 71.7 Å². The van der Waals surface area contributed by atoms with Crippen molar-refractivity contribution < 1.29 is 37.7 Å². The van der Waals surface area contributed by atoms with Crippen LogP contribution in [0.25, 0.3) is 0 Å². The molecule has 9 rings (SSSR count). The number of benzene rings is 2. The molecule has 0 aliphatic carbocycles. The molecule has 3 aromatic rings. The summed E-state index contributed by atoms with van der Waals surface area (Å²) >= 11 is 0. The summed E-state index contributed by atoms with van der Waals surface area (Å²) < 4.78 is 28.9. The smallest absolute Gasteiger partial charge is 0.258 e. The summed E-state index contributed by atoms with van der Waals surface area (Å²) in [5.74, 6) is 2.46. The van der Waals surface area contributed by atoms with Gasteiger partial charge in [-0.25, -0.2) is 0 Å². The number of ether oxygens (including phenoxy) is 4. The molecule has 2 atom stereocenters. The van der Waals surface area contributed by atoms with Crippen LogP contribution in [0.4, 0.5) is 0 Å². The third-order valence-corrected chi connectivity index (χ3v) is 9.07. The van der Waals surface area contributed by atoms with E-state index >= 15 is 0 Å². The molecule has 6 aliphatic rings. The Morgan fingerprint density at radius 3 is 2.55 bits per heavy atom. The van der Waals surface area contributed by atoms with Crippen LogP contribution in [-0.4, -0.2) is 86.7 Å². The van der Waals surface area contributed by atoms with Crippen LogP contribution < -0.4 is 29.6 Å². The highest BCUT2D eigenvalue weighted by Gasteiger charge is 2.40. The van der Waals surface area contributed by atoms with Gasteiger partial charge in [0.05, 0.1) is 39.6 Å². The lowest BCUT2D eigenvalue weighted by molar-refractivity contribution is -0.136. The Hall–Kier alpha value is -4.71. The maximum Gasteiger partial charge on any atom is 0.258 e. The largest absolute Gasteiger partial charge is 0.496 e. The topological polar surface area (TPSA) is 132 Å². The molecule has 2 saturated heterocycles. The number of hydrogen-bond donors (Lipinski definition) is 2. The maximum atomic E-state index is 13.8. The van der Waals surface area contributed by atoms with Gasteiger partial charge in [-0.3, -0.25) is 19.3 Å². The molecule has 0 saturated carbocycles. The number of methoxy groups -OCH3 is 2. The van der Waals surface area contributed by atoms with Crippen molar-refractivity contribution in [1.82, 2.24) is 20.4 Å². The molecule has 0 unspecified atom stereocenters. The Labute approximate surface area is 274 Å². The molecule has 2 N–H and O–H groups in total. The Kier molecular flexibility index (Phi) is 10.2. The number of likely N-dealkylation sites (tertiary alicyclic amines) is 2. The summed E-state index contributed by atoms with van der Waals surface area (Å²) in [6.45, 7) is 3.04. The van der Waals surface area contributed by atoms with Gasteiger partial charge in [0, 0.05) is 37.1 Å². The van der Waals surface area contributed by atoms with Gasteiger partial charge >= 0.3 is 0 Å². The lowest BCUT2D eigenvalue weighted by Crippen LogP contribution is -2.47. The first-order valence-corrected chi connectivity index (χ1v) is 16.1. The number of nitrogens with zero attached hydrogens (tertiary/aromatic N) is 2. The average Bonchev–Trinajstić information content (AvgIpc) is 3.75. The van der Waals surface area contributed by atoms with Crippen molar-refractivity contribution in [1.29, 1.82) is 0 Å². The quantitative estimate of drug-likeness (QED) is 0.430. The van der Waals surface area contributed by atoms with Crippen molar-refractivity contribution in [2.45, 2.75) is 50.9 Å². The van der Waals surface area contributed by atoms with Gasteiger partial charge in [-0.2, -0.15) is 0 Å². The number of piperidine rings is 1. The monoisotopic (exact) mass is 646 g/mol. The van der Waals surface area contributed by atoms with Gasteiger partial charge in [0.1, 0.15) is 23.4 Å². The van der Waals surface area contributed by atoms with E-state index < -0.39 is 12.1 Å². The predicted octanol–water partition coefficient (Wildman–Crippen LogP) is 2.92. The van der Waals surface area contributed by atoms with Crippen LogP contribution in [0, 0.1) is 5.92 Å². The molecule has 1 aromatic heterocycles. The van der Waals surface area contributed by atoms with Gasteiger partial charge in [0.25, 0.3) is 5.91 Å². The number of furan rings is 1. The first kappa shape index (κ1) is 32.2. The van der Waals surface area contributed by atoms with Crippen LogP contribution in [0.2, 0.25) is 0 Å². The molecule has 250 valence electrons. The van der Waals surface area contributed by atoms with E-state index in [1.54, 1.807) is 25.5 Å². The molecule has 0 spiro atoms. The normalized spacial score (nSPS) is 21.3. The van der Waals surface area contributed by atoms with Gasteiger partial charge in [0.15, 0.2) is 18.1 Å². The van der Waals surface area contributed by atoms with Gasteiger partial charge in [-0.15, -0.1) is 0 Å². The van der Waals surface area contributed by atoms with Crippen LogP contribution >= 0.6 is 0 Å². The molecule has 3 amide bonds. The van der Waals surface area contributed by atoms with E-state index in [1.165, 1.54) is 7.11 Å². The fraction of sp³-hybridized carbons (Fsp3) is 0.457. The van der Waals surface area contributed by atoms with E-state index in [9.17, 15) is 14.4 Å². The van der Waals surface area contributed by atoms with E-state index in [0.717, 1.165) is 49.4 Å². The maximum absolute atomic E-state index is 13.8. The first-order chi connectivity index (χ1) is 22.9. The number of hydrogen-bond acceptors (Lipinski definition) is 9. The van der Waals surface area contributed by atoms with Crippen LogP contribution in [0.3, 0.4) is 0 Å². The number of rotatable bonds is 5. The van der Waals surface area contributed by atoms with Gasteiger partial charge < -0.3 is 38.9 Å². The lowest BCUT2D eigenvalue weighted by Gasteiger charge is -2.32. The number of carbonyl (C=O) groups is 3. The molecule has 2 aromatic carbocycles. The van der Waals surface area contributed by atoms with E-state index in [4.69, 9.17) is 23.4 Å². The zero-order chi connectivity index (χ0) is 32.8. The van der Waals surface area contributed by atoms with Gasteiger partial charge in [-0.1, -0.05) is 6.07 Å². The number of carbonyl (C=O) groups excluding carboxylic acids is 3. The van der Waals surface area contributed by atoms with E-state index in [1.807, 2.05) is 41.3 Å². The minimum Gasteiger partial charge on any atom is -0.496 e. The minimum absolute atomic E-state index is 0.0725. The molecule has 0 radical (unpaired) electrons. The number of aryl methyl sites for hydroxylation is 1. The van der Waals surface area contributed by atoms with Gasteiger partial charge in [-0.05, 0) is 74.3 Å². The molecule has 7 heterocycles. The van der Waals surface area contributed by atoms with Crippen molar-refractivity contribution in [3.8, 4) is 23.0 Å². The molecule has 12 nitrogen and oxygen atoms in total. The molecular weight excluding hydrogens is 604 g/mol. The summed E-state index contributed by atoms with van der Waals surface area (Å²) in [5.41, 5.74) is 1.71. The number of amides is 3. The van der Waals surface area contributed by atoms with E-state index in [0.29, 0.717) is 49.1 Å². The molecule has 2 fully saturated rings. The third kappa shape index (κ3) is 7.99. The van der Waals surface area contributed by atoms with Crippen molar-refractivity contribution in [2.24, 2.45) is 5.92 Å². The molecule has 6 aliphatic heterocycles. The molecular formula is C35H42N4O8. The van der Waals surface area contributed by atoms with Crippen molar-refractivity contribution in [2.75, 3.05) is 47.0 Å². The second-order valence-electron chi connectivity index (χ2n) is 12.2. The average molecular weight is 647 g/mol. The molecule has 4 bridgehead atoms. The van der Waals surface area contributed by atoms with E-state index in [2.05, 4.69) is 15.5 Å². The first-order valence-electron chi connectivity index (χ1n) is 16.1. The molecule has 47 heavy (non-hydrogen) atoms. The minimum atomic E-state index is -0.503. The Morgan fingerprint density at radius 1 is 0.957 bits per heavy atom. The summed E-state index contributed by atoms with van der Waals surface area (Å²) in [7, 11) is 3.10. The second kappa shape index (κ2) is 14.8. The van der Waals surface area contributed by atoms with Gasteiger partial charge in [0.2, 0.25) is 11.8 Å². The fourth-order valence-electron chi connectivity index (χ4n) is 6.47. The fourth-order valence-corrected chi connectivity index (χ4v) is 6.47. The second-order valence-corrected chi connectivity index (χ2v) is 12.2. The van der Waals surface area contributed by atoms with Crippen LogP contribution in [-0.2, 0) is 33.9 Å². The van der Waals surface area contributed by atoms with Crippen LogP contribution in [0.5, 0.6) is 23.0 Å². The zero-order valence-corrected chi connectivity index (χ0v) is 26.9. The lowest BCUT2D eigenvalue weighted by atomic mass is 9.95. The highest BCUT2D eigenvalue weighted by Crippen LogP contribution is 2.31. The summed E-state index contributed by atoms with van der Waals surface area (Å²) in [6.07, 6.45) is 3.48. The molecule has 12 heteroatoms. The van der Waals surface area contributed by atoms with Crippen LogP contribution in [0.1, 0.15) is 36.1 Å². The standard InChI is InChI=1S/C35H42N4O8/c1-43-30-17-26-8-7-25(30)18-36-33(40)10-6-23-5-9-29(31(16-23)44-2)46-22-34(41)37-28-20-39(21-32(28)47-26)35(42)24-11-13-38(14-12-24)19-27-4-3-15-45-27/h3-5,7-9,15-17,24,28,32H,6,10-14,18-22H2,1-2H3,(H,36,40)(H,37,41)/t28-,32-/m1/s1. The third-order valence-electron chi connectivity index (χ3n) is 9.07. The Bertz CT molecular complexity index is 1550. The number of nitrogens with one attached hydrogen (secondary N) is 2. The summed E-state index contributed by atoms with van der Waals surface area (Å²) in [4.78, 5) is 43.7. The SMILES string of the molecule is COc1cc2ccc1CNC(=O)CCc1ccc(c(OC)c1)OCC(=O)N[C@@H]1CN(C(=O)C3CCN(Cc4ccco4)CC3)C[C@H]1O2. The highest BCUT2D eigenvalue weighted by molar-refractivity contribution is 5.81. The van der Waals surface area contributed by atoms with Crippen molar-refractivity contribution in [3.63, 3.8) is 0 Å². The van der Waals surface area contributed by atoms with Crippen molar-refractivity contribution >= 4 is 17.7 Å². The zero-order valence-electron chi connectivity index (χ0n) is 26.9. The predicted molar refractivity (Wildman–Crippen MR) is 171 cm³/mol. The Balaban J connectivity index is 1.18.